The highest BCUT2D eigenvalue weighted by atomic mass is 15.2. The zero-order valence-electron chi connectivity index (χ0n) is 11.0. The Morgan fingerprint density at radius 2 is 1.69 bits per heavy atom. The molecule has 2 N–H and O–H groups in total. The van der Waals surface area contributed by atoms with Gasteiger partial charge in [0.1, 0.15) is 0 Å². The van der Waals surface area contributed by atoms with Crippen LogP contribution >= 0.6 is 0 Å². The van der Waals surface area contributed by atoms with Crippen LogP contribution in [0.1, 0.15) is 58.8 Å². The lowest BCUT2D eigenvalue weighted by molar-refractivity contribution is 0.0269. The molecule has 0 amide bonds. The van der Waals surface area contributed by atoms with Crippen molar-refractivity contribution in [3.63, 3.8) is 0 Å². The molecule has 2 nitrogen and oxygen atoms in total. The van der Waals surface area contributed by atoms with Crippen molar-refractivity contribution in [2.75, 3.05) is 6.54 Å². The van der Waals surface area contributed by atoms with Gasteiger partial charge in [0.05, 0.1) is 0 Å². The second kappa shape index (κ2) is 5.50. The third-order valence-electron chi connectivity index (χ3n) is 4.77. The van der Waals surface area contributed by atoms with E-state index in [2.05, 4.69) is 18.7 Å². The SMILES string of the molecule is CC1CCC(N2C(C)CCCC2CN)CC1. The third kappa shape index (κ3) is 2.60. The van der Waals surface area contributed by atoms with Crippen LogP contribution in [-0.2, 0) is 0 Å². The third-order valence-corrected chi connectivity index (χ3v) is 4.77. The highest BCUT2D eigenvalue weighted by Gasteiger charge is 2.33. The van der Waals surface area contributed by atoms with Gasteiger partial charge in [-0.1, -0.05) is 13.3 Å². The number of hydrogen-bond donors (Lipinski definition) is 1. The Labute approximate surface area is 101 Å². The molecule has 1 aliphatic heterocycles. The Hall–Kier alpha value is -0.0800. The summed E-state index contributed by atoms with van der Waals surface area (Å²) in [7, 11) is 0. The summed E-state index contributed by atoms with van der Waals surface area (Å²) in [4.78, 5) is 2.77. The molecular formula is C14H28N2. The molecule has 0 aromatic carbocycles. The summed E-state index contributed by atoms with van der Waals surface area (Å²) in [5, 5.41) is 0. The van der Waals surface area contributed by atoms with Crippen LogP contribution in [0.25, 0.3) is 0 Å². The summed E-state index contributed by atoms with van der Waals surface area (Å²) in [6, 6.07) is 2.27. The fourth-order valence-electron chi connectivity index (χ4n) is 3.75. The fourth-order valence-corrected chi connectivity index (χ4v) is 3.75. The van der Waals surface area contributed by atoms with Crippen molar-refractivity contribution in [2.24, 2.45) is 11.7 Å². The molecule has 2 heteroatoms. The van der Waals surface area contributed by atoms with Gasteiger partial charge in [0.2, 0.25) is 0 Å². The summed E-state index contributed by atoms with van der Waals surface area (Å²) in [6.45, 7) is 5.66. The molecule has 16 heavy (non-hydrogen) atoms. The number of piperidine rings is 1. The first kappa shape index (κ1) is 12.4. The van der Waals surface area contributed by atoms with Crippen molar-refractivity contribution in [1.82, 2.24) is 4.90 Å². The van der Waals surface area contributed by atoms with E-state index in [4.69, 9.17) is 5.73 Å². The van der Waals surface area contributed by atoms with Crippen molar-refractivity contribution in [1.29, 1.82) is 0 Å². The number of nitrogens with zero attached hydrogens (tertiary/aromatic N) is 1. The highest BCUT2D eigenvalue weighted by molar-refractivity contribution is 4.89. The molecule has 2 atom stereocenters. The second-order valence-corrected chi connectivity index (χ2v) is 6.03. The molecule has 2 aliphatic rings. The minimum Gasteiger partial charge on any atom is -0.329 e. The Morgan fingerprint density at radius 3 is 2.31 bits per heavy atom. The van der Waals surface area contributed by atoms with Crippen LogP contribution in [-0.4, -0.2) is 29.6 Å². The smallest absolute Gasteiger partial charge is 0.0224 e. The second-order valence-electron chi connectivity index (χ2n) is 6.03. The molecule has 0 aromatic rings. The molecule has 0 spiro atoms. The van der Waals surface area contributed by atoms with Crippen LogP contribution in [0.15, 0.2) is 0 Å². The van der Waals surface area contributed by atoms with Gasteiger partial charge < -0.3 is 5.73 Å². The van der Waals surface area contributed by atoms with Crippen LogP contribution in [0.5, 0.6) is 0 Å². The molecule has 2 unspecified atom stereocenters. The standard InChI is InChI=1S/C14H28N2/c1-11-6-8-13(9-7-11)16-12(2)4-3-5-14(16)10-15/h11-14H,3-10,15H2,1-2H3. The van der Waals surface area contributed by atoms with Crippen LogP contribution in [0, 0.1) is 5.92 Å². The maximum atomic E-state index is 5.95. The van der Waals surface area contributed by atoms with Crippen molar-refractivity contribution >= 4 is 0 Å². The highest BCUT2D eigenvalue weighted by Crippen LogP contribution is 2.33. The van der Waals surface area contributed by atoms with Crippen molar-refractivity contribution in [2.45, 2.75) is 76.9 Å². The lowest BCUT2D eigenvalue weighted by atomic mass is 9.83. The summed E-state index contributed by atoms with van der Waals surface area (Å²) < 4.78 is 0. The minimum atomic E-state index is 0.669. The number of rotatable bonds is 2. The molecule has 0 bridgehead atoms. The van der Waals surface area contributed by atoms with Gasteiger partial charge in [-0.3, -0.25) is 4.90 Å². The normalized spacial score (nSPS) is 42.2. The van der Waals surface area contributed by atoms with E-state index in [1.807, 2.05) is 0 Å². The molecule has 0 radical (unpaired) electrons. The maximum absolute atomic E-state index is 5.95. The van der Waals surface area contributed by atoms with E-state index in [0.717, 1.165) is 24.5 Å². The van der Waals surface area contributed by atoms with Gasteiger partial charge in [0, 0.05) is 24.7 Å². The Balaban J connectivity index is 1.98. The van der Waals surface area contributed by atoms with Gasteiger partial charge >= 0.3 is 0 Å². The summed E-state index contributed by atoms with van der Waals surface area (Å²) in [5.74, 6) is 0.952. The van der Waals surface area contributed by atoms with E-state index < -0.39 is 0 Å². The van der Waals surface area contributed by atoms with Crippen molar-refractivity contribution < 1.29 is 0 Å². The van der Waals surface area contributed by atoms with Crippen LogP contribution in [0.4, 0.5) is 0 Å². The first-order valence-corrected chi connectivity index (χ1v) is 7.20. The topological polar surface area (TPSA) is 29.3 Å². The maximum Gasteiger partial charge on any atom is 0.0224 e. The zero-order valence-corrected chi connectivity index (χ0v) is 11.0. The molecule has 1 saturated heterocycles. The molecular weight excluding hydrogens is 196 g/mol. The lowest BCUT2D eigenvalue weighted by Crippen LogP contribution is -2.54. The van der Waals surface area contributed by atoms with Gasteiger partial charge in [-0.05, 0) is 51.4 Å². The van der Waals surface area contributed by atoms with E-state index in [-0.39, 0.29) is 0 Å². The summed E-state index contributed by atoms with van der Waals surface area (Å²) in [6.07, 6.45) is 9.73. The molecule has 1 heterocycles. The minimum absolute atomic E-state index is 0.669. The lowest BCUT2D eigenvalue weighted by Gasteiger charge is -2.47. The average molecular weight is 224 g/mol. The van der Waals surface area contributed by atoms with Crippen molar-refractivity contribution in [3.8, 4) is 0 Å². The molecule has 2 fully saturated rings. The quantitative estimate of drug-likeness (QED) is 0.781. The van der Waals surface area contributed by atoms with E-state index in [1.165, 1.54) is 44.9 Å². The van der Waals surface area contributed by atoms with E-state index in [0.29, 0.717) is 6.04 Å². The first-order valence-electron chi connectivity index (χ1n) is 7.20. The molecule has 0 aromatic heterocycles. The Morgan fingerprint density at radius 1 is 1.00 bits per heavy atom. The monoisotopic (exact) mass is 224 g/mol. The van der Waals surface area contributed by atoms with Gasteiger partial charge in [-0.25, -0.2) is 0 Å². The van der Waals surface area contributed by atoms with Gasteiger partial charge in [-0.15, -0.1) is 0 Å². The summed E-state index contributed by atoms with van der Waals surface area (Å²) in [5.41, 5.74) is 5.95. The summed E-state index contributed by atoms with van der Waals surface area (Å²) >= 11 is 0. The van der Waals surface area contributed by atoms with Gasteiger partial charge in [0.15, 0.2) is 0 Å². The number of hydrogen-bond acceptors (Lipinski definition) is 2. The van der Waals surface area contributed by atoms with Gasteiger partial charge in [0.25, 0.3) is 0 Å². The predicted molar refractivity (Wildman–Crippen MR) is 69.4 cm³/mol. The molecule has 1 aliphatic carbocycles. The van der Waals surface area contributed by atoms with E-state index >= 15 is 0 Å². The molecule has 1 saturated carbocycles. The molecule has 94 valence electrons. The van der Waals surface area contributed by atoms with E-state index in [1.54, 1.807) is 0 Å². The number of likely N-dealkylation sites (tertiary alicyclic amines) is 1. The van der Waals surface area contributed by atoms with E-state index in [9.17, 15) is 0 Å². The molecule has 2 rings (SSSR count). The zero-order chi connectivity index (χ0) is 11.5. The largest absolute Gasteiger partial charge is 0.329 e. The predicted octanol–water partition coefficient (Wildman–Crippen LogP) is 2.77. The first-order chi connectivity index (χ1) is 7.72. The fraction of sp³-hybridized carbons (Fsp3) is 1.00. The van der Waals surface area contributed by atoms with Crippen molar-refractivity contribution in [3.05, 3.63) is 0 Å². The van der Waals surface area contributed by atoms with Crippen LogP contribution < -0.4 is 5.73 Å². The van der Waals surface area contributed by atoms with Crippen LogP contribution in [0.3, 0.4) is 0 Å². The average Bonchev–Trinajstić information content (AvgIpc) is 2.30. The Kier molecular flexibility index (Phi) is 4.26. The Bertz CT molecular complexity index is 209. The van der Waals surface area contributed by atoms with Crippen LogP contribution in [0.2, 0.25) is 0 Å². The van der Waals surface area contributed by atoms with Gasteiger partial charge in [-0.2, -0.15) is 0 Å². The number of nitrogens with two attached hydrogens (primary N) is 1.